The van der Waals surface area contributed by atoms with E-state index < -0.39 is 20.7 Å². The second-order valence-electron chi connectivity index (χ2n) is 5.30. The van der Waals surface area contributed by atoms with Gasteiger partial charge in [-0.05, 0) is 37.7 Å². The zero-order valence-electron chi connectivity index (χ0n) is 10.7. The first-order chi connectivity index (χ1) is 8.42. The van der Waals surface area contributed by atoms with Gasteiger partial charge in [0.05, 0.1) is 10.9 Å². The van der Waals surface area contributed by atoms with Crippen molar-refractivity contribution in [2.75, 3.05) is 6.26 Å². The van der Waals surface area contributed by atoms with E-state index in [2.05, 4.69) is 0 Å². The highest BCUT2D eigenvalue weighted by Crippen LogP contribution is 2.37. The molecule has 3 nitrogen and oxygen atoms in total. The molecule has 2 atom stereocenters. The fourth-order valence-corrected chi connectivity index (χ4v) is 4.55. The summed E-state index contributed by atoms with van der Waals surface area (Å²) in [5, 5.41) is 9.98. The summed E-state index contributed by atoms with van der Waals surface area (Å²) >= 11 is 0. The number of hydrogen-bond donors (Lipinski definition) is 1. The van der Waals surface area contributed by atoms with Crippen molar-refractivity contribution >= 4 is 9.84 Å². The van der Waals surface area contributed by atoms with Crippen molar-refractivity contribution in [1.29, 1.82) is 0 Å². The second-order valence-corrected chi connectivity index (χ2v) is 7.53. The van der Waals surface area contributed by atoms with Crippen LogP contribution in [0.1, 0.15) is 31.2 Å². The average Bonchev–Trinajstić information content (AvgIpc) is 2.71. The van der Waals surface area contributed by atoms with Crippen LogP contribution in [0.15, 0.2) is 30.3 Å². The largest absolute Gasteiger partial charge is 0.389 e. The summed E-state index contributed by atoms with van der Waals surface area (Å²) in [6.45, 7) is 0. The summed E-state index contributed by atoms with van der Waals surface area (Å²) in [4.78, 5) is 0. The van der Waals surface area contributed by atoms with E-state index in [-0.39, 0.29) is 0 Å². The lowest BCUT2D eigenvalue weighted by atomic mass is 9.93. The van der Waals surface area contributed by atoms with Crippen LogP contribution in [-0.2, 0) is 16.3 Å². The highest BCUT2D eigenvalue weighted by Gasteiger charge is 2.46. The first-order valence-electron chi connectivity index (χ1n) is 6.37. The molecule has 0 spiro atoms. The first kappa shape index (κ1) is 13.6. The van der Waals surface area contributed by atoms with Crippen molar-refractivity contribution in [2.24, 2.45) is 0 Å². The smallest absolute Gasteiger partial charge is 0.153 e. The Labute approximate surface area is 109 Å². The minimum atomic E-state index is -3.16. The van der Waals surface area contributed by atoms with E-state index in [0.29, 0.717) is 19.3 Å². The Balaban J connectivity index is 2.08. The standard InChI is InChI=1S/C14H20O3S/c1-18(16,17)13-8-5-10-14(13,15)11-9-12-6-3-2-4-7-12/h2-4,6-7,13,15H,5,8-11H2,1H3. The fourth-order valence-electron chi connectivity index (χ4n) is 2.93. The molecule has 1 aromatic rings. The predicted octanol–water partition coefficient (Wildman–Crippen LogP) is 1.95. The molecule has 1 saturated carbocycles. The van der Waals surface area contributed by atoms with E-state index in [1.807, 2.05) is 30.3 Å². The van der Waals surface area contributed by atoms with Crippen molar-refractivity contribution < 1.29 is 13.5 Å². The lowest BCUT2D eigenvalue weighted by molar-refractivity contribution is 0.0422. The molecule has 1 aliphatic rings. The van der Waals surface area contributed by atoms with E-state index in [1.165, 1.54) is 6.26 Å². The molecule has 0 aromatic heterocycles. The molecule has 0 radical (unpaired) electrons. The number of hydrogen-bond acceptors (Lipinski definition) is 3. The molecule has 0 saturated heterocycles. The minimum absolute atomic E-state index is 0.523. The Kier molecular flexibility index (Phi) is 3.78. The van der Waals surface area contributed by atoms with Gasteiger partial charge in [-0.15, -0.1) is 0 Å². The molecule has 0 heterocycles. The van der Waals surface area contributed by atoms with Gasteiger partial charge in [0, 0.05) is 6.26 Å². The number of benzene rings is 1. The van der Waals surface area contributed by atoms with Gasteiger partial charge in [0.15, 0.2) is 9.84 Å². The molecule has 18 heavy (non-hydrogen) atoms. The third-order valence-corrected chi connectivity index (χ3v) is 5.59. The van der Waals surface area contributed by atoms with Gasteiger partial charge < -0.3 is 5.11 Å². The highest BCUT2D eigenvalue weighted by molar-refractivity contribution is 7.91. The van der Waals surface area contributed by atoms with Crippen LogP contribution in [0, 0.1) is 0 Å². The Morgan fingerprint density at radius 3 is 2.61 bits per heavy atom. The summed E-state index contributed by atoms with van der Waals surface area (Å²) < 4.78 is 23.4. The van der Waals surface area contributed by atoms with Crippen molar-refractivity contribution in [1.82, 2.24) is 0 Å². The van der Waals surface area contributed by atoms with Crippen LogP contribution in [0.5, 0.6) is 0 Å². The maximum atomic E-state index is 11.7. The molecule has 0 bridgehead atoms. The monoisotopic (exact) mass is 268 g/mol. The normalized spacial score (nSPS) is 28.4. The van der Waals surface area contributed by atoms with Crippen LogP contribution in [0.4, 0.5) is 0 Å². The molecule has 1 fully saturated rings. The summed E-state index contributed by atoms with van der Waals surface area (Å²) in [6, 6.07) is 9.89. The van der Waals surface area contributed by atoms with E-state index in [0.717, 1.165) is 18.4 Å². The Bertz CT molecular complexity index is 495. The van der Waals surface area contributed by atoms with Crippen LogP contribution in [0.25, 0.3) is 0 Å². The Morgan fingerprint density at radius 2 is 2.00 bits per heavy atom. The fraction of sp³-hybridized carbons (Fsp3) is 0.571. The van der Waals surface area contributed by atoms with Gasteiger partial charge in [0.2, 0.25) is 0 Å². The Morgan fingerprint density at radius 1 is 1.33 bits per heavy atom. The number of aryl methyl sites for hydroxylation is 1. The van der Waals surface area contributed by atoms with Crippen LogP contribution in [0.2, 0.25) is 0 Å². The summed E-state index contributed by atoms with van der Waals surface area (Å²) in [5.74, 6) is 0. The van der Waals surface area contributed by atoms with Gasteiger partial charge in [-0.1, -0.05) is 30.3 Å². The van der Waals surface area contributed by atoms with E-state index in [4.69, 9.17) is 0 Å². The average molecular weight is 268 g/mol. The Hall–Kier alpha value is -0.870. The third kappa shape index (κ3) is 2.93. The number of sulfone groups is 1. The molecule has 1 N–H and O–H groups in total. The summed E-state index contributed by atoms with van der Waals surface area (Å²) in [6.07, 6.45) is 4.46. The molecule has 2 unspecified atom stereocenters. The van der Waals surface area contributed by atoms with Gasteiger partial charge in [-0.25, -0.2) is 8.42 Å². The maximum Gasteiger partial charge on any atom is 0.153 e. The van der Waals surface area contributed by atoms with Crippen LogP contribution < -0.4 is 0 Å². The van der Waals surface area contributed by atoms with Crippen LogP contribution in [0.3, 0.4) is 0 Å². The zero-order chi connectivity index (χ0) is 13.2. The van der Waals surface area contributed by atoms with E-state index in [9.17, 15) is 13.5 Å². The molecule has 1 aromatic carbocycles. The first-order valence-corrected chi connectivity index (χ1v) is 8.32. The van der Waals surface area contributed by atoms with Gasteiger partial charge in [0.1, 0.15) is 0 Å². The molecule has 4 heteroatoms. The van der Waals surface area contributed by atoms with E-state index >= 15 is 0 Å². The number of rotatable bonds is 4. The maximum absolute atomic E-state index is 11.7. The van der Waals surface area contributed by atoms with Crippen molar-refractivity contribution in [3.05, 3.63) is 35.9 Å². The van der Waals surface area contributed by atoms with Crippen molar-refractivity contribution in [3.8, 4) is 0 Å². The summed E-state index contributed by atoms with van der Waals surface area (Å²) in [5.41, 5.74) is 0.105. The minimum Gasteiger partial charge on any atom is -0.389 e. The molecule has 1 aliphatic carbocycles. The van der Waals surface area contributed by atoms with E-state index in [1.54, 1.807) is 0 Å². The second kappa shape index (κ2) is 5.02. The quantitative estimate of drug-likeness (QED) is 0.908. The molecule has 2 rings (SSSR count). The molecule has 0 aliphatic heterocycles. The third-order valence-electron chi connectivity index (χ3n) is 3.88. The van der Waals surface area contributed by atoms with Gasteiger partial charge in [-0.2, -0.15) is 0 Å². The van der Waals surface area contributed by atoms with Crippen LogP contribution >= 0.6 is 0 Å². The highest BCUT2D eigenvalue weighted by atomic mass is 32.2. The van der Waals surface area contributed by atoms with Gasteiger partial charge in [-0.3, -0.25) is 0 Å². The molecular weight excluding hydrogens is 248 g/mol. The van der Waals surface area contributed by atoms with Crippen LogP contribution in [-0.4, -0.2) is 30.6 Å². The SMILES string of the molecule is CS(=O)(=O)C1CCCC1(O)CCc1ccccc1. The molecule has 0 amide bonds. The van der Waals surface area contributed by atoms with Gasteiger partial charge >= 0.3 is 0 Å². The molecular formula is C14H20O3S. The van der Waals surface area contributed by atoms with Crippen molar-refractivity contribution in [2.45, 2.75) is 43.0 Å². The lowest BCUT2D eigenvalue weighted by Gasteiger charge is -2.29. The topological polar surface area (TPSA) is 54.4 Å². The summed E-state index contributed by atoms with van der Waals surface area (Å²) in [7, 11) is -3.16. The number of aliphatic hydroxyl groups is 1. The van der Waals surface area contributed by atoms with Gasteiger partial charge in [0.25, 0.3) is 0 Å². The van der Waals surface area contributed by atoms with Crippen molar-refractivity contribution in [3.63, 3.8) is 0 Å². The lowest BCUT2D eigenvalue weighted by Crippen LogP contribution is -2.42. The zero-order valence-corrected chi connectivity index (χ0v) is 11.5. The molecule has 100 valence electrons. The predicted molar refractivity (Wildman–Crippen MR) is 72.2 cm³/mol.